The molecule has 0 N–H and O–H groups in total. The normalized spacial score (nSPS) is 11.8. The van der Waals surface area contributed by atoms with Gasteiger partial charge >= 0.3 is 0 Å². The lowest BCUT2D eigenvalue weighted by molar-refractivity contribution is 0.575. The first-order valence-electron chi connectivity index (χ1n) is 8.32. The SMILES string of the molecule is CCCCCCCCCCc1cccc(C(C)(C)I)c1. The maximum absolute atomic E-state index is 2.53. The van der Waals surface area contributed by atoms with E-state index in [2.05, 4.69) is 67.6 Å². The minimum atomic E-state index is 0.243. The molecule has 0 aromatic heterocycles. The van der Waals surface area contributed by atoms with Crippen molar-refractivity contribution in [2.24, 2.45) is 0 Å². The van der Waals surface area contributed by atoms with Crippen molar-refractivity contribution in [1.29, 1.82) is 0 Å². The van der Waals surface area contributed by atoms with E-state index in [-0.39, 0.29) is 3.42 Å². The number of hydrogen-bond acceptors (Lipinski definition) is 0. The van der Waals surface area contributed by atoms with Gasteiger partial charge in [-0.1, -0.05) is 98.7 Å². The summed E-state index contributed by atoms with van der Waals surface area (Å²) in [4.78, 5) is 0. The van der Waals surface area contributed by atoms with Crippen LogP contribution in [0.15, 0.2) is 24.3 Å². The second kappa shape index (κ2) is 9.81. The highest BCUT2D eigenvalue weighted by Gasteiger charge is 2.15. The lowest BCUT2D eigenvalue weighted by atomic mass is 9.98. The van der Waals surface area contributed by atoms with E-state index >= 15 is 0 Å². The van der Waals surface area contributed by atoms with Gasteiger partial charge in [-0.05, 0) is 37.8 Å². The summed E-state index contributed by atoms with van der Waals surface area (Å²) in [5, 5.41) is 0. The van der Waals surface area contributed by atoms with Crippen LogP contribution in [0.25, 0.3) is 0 Å². The first kappa shape index (κ1) is 18.0. The summed E-state index contributed by atoms with van der Waals surface area (Å²) in [5.74, 6) is 0. The molecule has 0 nitrogen and oxygen atoms in total. The molecule has 0 heterocycles. The third kappa shape index (κ3) is 7.66. The minimum absolute atomic E-state index is 0.243. The molecule has 0 spiro atoms. The lowest BCUT2D eigenvalue weighted by Crippen LogP contribution is -2.06. The molecule has 0 amide bonds. The Balaban J connectivity index is 2.19. The van der Waals surface area contributed by atoms with Crippen LogP contribution in [0.3, 0.4) is 0 Å². The highest BCUT2D eigenvalue weighted by atomic mass is 127. The molecule has 1 rings (SSSR count). The Labute approximate surface area is 139 Å². The highest BCUT2D eigenvalue weighted by molar-refractivity contribution is 14.1. The van der Waals surface area contributed by atoms with E-state index in [1.807, 2.05) is 0 Å². The summed E-state index contributed by atoms with van der Waals surface area (Å²) in [7, 11) is 0. The molecule has 1 aromatic rings. The topological polar surface area (TPSA) is 0 Å². The molecule has 0 radical (unpaired) electrons. The van der Waals surface area contributed by atoms with Crippen molar-refractivity contribution >= 4 is 22.6 Å². The van der Waals surface area contributed by atoms with Crippen LogP contribution < -0.4 is 0 Å². The maximum atomic E-state index is 2.53. The molecule has 0 fully saturated rings. The van der Waals surface area contributed by atoms with Gasteiger partial charge in [-0.2, -0.15) is 0 Å². The molecule has 0 saturated heterocycles. The molecule has 0 aliphatic heterocycles. The third-order valence-corrected chi connectivity index (χ3v) is 4.56. The monoisotopic (exact) mass is 386 g/mol. The summed E-state index contributed by atoms with van der Waals surface area (Å²) in [6.45, 7) is 6.84. The Hall–Kier alpha value is -0.0500. The first-order chi connectivity index (χ1) is 9.54. The fourth-order valence-electron chi connectivity index (χ4n) is 2.56. The smallest absolute Gasteiger partial charge is 0.0414 e. The van der Waals surface area contributed by atoms with Gasteiger partial charge in [-0.3, -0.25) is 0 Å². The summed E-state index contributed by atoms with van der Waals surface area (Å²) in [5.41, 5.74) is 2.97. The van der Waals surface area contributed by atoms with Crippen molar-refractivity contribution in [2.75, 3.05) is 0 Å². The number of benzene rings is 1. The van der Waals surface area contributed by atoms with Crippen LogP contribution in [0.4, 0.5) is 0 Å². The van der Waals surface area contributed by atoms with Gasteiger partial charge in [-0.25, -0.2) is 0 Å². The zero-order chi connectivity index (χ0) is 14.8. The second-order valence-corrected chi connectivity index (χ2v) is 9.09. The van der Waals surface area contributed by atoms with Crippen molar-refractivity contribution in [3.05, 3.63) is 35.4 Å². The van der Waals surface area contributed by atoms with Gasteiger partial charge in [0.25, 0.3) is 0 Å². The number of unbranched alkanes of at least 4 members (excludes halogenated alkanes) is 7. The van der Waals surface area contributed by atoms with Gasteiger partial charge < -0.3 is 0 Å². The van der Waals surface area contributed by atoms with Crippen molar-refractivity contribution in [3.8, 4) is 0 Å². The largest absolute Gasteiger partial charge is 0.0743 e. The Kier molecular flexibility index (Phi) is 8.83. The van der Waals surface area contributed by atoms with E-state index in [1.165, 1.54) is 68.9 Å². The van der Waals surface area contributed by atoms with E-state index in [0.717, 1.165) is 0 Å². The Morgan fingerprint density at radius 1 is 0.900 bits per heavy atom. The number of alkyl halides is 1. The summed E-state index contributed by atoms with van der Waals surface area (Å²) >= 11 is 2.53. The van der Waals surface area contributed by atoms with Crippen LogP contribution in [0.1, 0.15) is 83.3 Å². The van der Waals surface area contributed by atoms with Gasteiger partial charge in [0, 0.05) is 3.42 Å². The maximum Gasteiger partial charge on any atom is 0.0414 e. The molecule has 0 aliphatic carbocycles. The number of rotatable bonds is 10. The van der Waals surface area contributed by atoms with Gasteiger partial charge in [-0.15, -0.1) is 0 Å². The minimum Gasteiger partial charge on any atom is -0.0743 e. The summed E-state index contributed by atoms with van der Waals surface area (Å²) in [6.07, 6.45) is 12.5. The molecule has 1 heteroatoms. The fraction of sp³-hybridized carbons (Fsp3) is 0.684. The van der Waals surface area contributed by atoms with Crippen molar-refractivity contribution in [1.82, 2.24) is 0 Å². The second-order valence-electron chi connectivity index (χ2n) is 6.40. The summed E-state index contributed by atoms with van der Waals surface area (Å²) < 4.78 is 0.243. The average molecular weight is 386 g/mol. The van der Waals surface area contributed by atoms with Crippen LogP contribution in [0, 0.1) is 0 Å². The standard InChI is InChI=1S/C19H31I/c1-4-5-6-7-8-9-10-11-13-17-14-12-15-18(16-17)19(2,3)20/h12,14-16H,4-11,13H2,1-3H3. The van der Waals surface area contributed by atoms with Crippen molar-refractivity contribution in [3.63, 3.8) is 0 Å². The molecular formula is C19H31I. The molecule has 20 heavy (non-hydrogen) atoms. The first-order valence-corrected chi connectivity index (χ1v) is 9.40. The number of hydrogen-bond donors (Lipinski definition) is 0. The number of aryl methyl sites for hydroxylation is 1. The molecular weight excluding hydrogens is 355 g/mol. The predicted octanol–water partition coefficient (Wildman–Crippen LogP) is 7.04. The van der Waals surface area contributed by atoms with Crippen molar-refractivity contribution in [2.45, 2.75) is 82.0 Å². The van der Waals surface area contributed by atoms with Gasteiger partial charge in [0.1, 0.15) is 0 Å². The lowest BCUT2D eigenvalue weighted by Gasteiger charge is -2.17. The fourth-order valence-corrected chi connectivity index (χ4v) is 2.90. The van der Waals surface area contributed by atoms with Crippen LogP contribution >= 0.6 is 22.6 Å². The third-order valence-electron chi connectivity index (χ3n) is 3.93. The molecule has 0 aliphatic rings. The van der Waals surface area contributed by atoms with E-state index in [0.29, 0.717) is 0 Å². The molecule has 0 atom stereocenters. The van der Waals surface area contributed by atoms with E-state index in [9.17, 15) is 0 Å². The van der Waals surface area contributed by atoms with E-state index in [1.54, 1.807) is 0 Å². The Morgan fingerprint density at radius 3 is 2.10 bits per heavy atom. The van der Waals surface area contributed by atoms with E-state index in [4.69, 9.17) is 0 Å². The quantitative estimate of drug-likeness (QED) is 0.230. The van der Waals surface area contributed by atoms with Crippen molar-refractivity contribution < 1.29 is 0 Å². The van der Waals surface area contributed by atoms with Crippen LogP contribution in [0.2, 0.25) is 0 Å². The molecule has 114 valence electrons. The highest BCUT2D eigenvalue weighted by Crippen LogP contribution is 2.31. The van der Waals surface area contributed by atoms with Gasteiger partial charge in [0.15, 0.2) is 0 Å². The Morgan fingerprint density at radius 2 is 1.50 bits per heavy atom. The zero-order valence-corrected chi connectivity index (χ0v) is 15.7. The van der Waals surface area contributed by atoms with Crippen LogP contribution in [-0.2, 0) is 9.84 Å². The average Bonchev–Trinajstić information content (AvgIpc) is 2.41. The summed E-state index contributed by atoms with van der Waals surface area (Å²) in [6, 6.07) is 9.15. The molecule has 0 unspecified atom stereocenters. The zero-order valence-electron chi connectivity index (χ0n) is 13.6. The predicted molar refractivity (Wildman–Crippen MR) is 99.8 cm³/mol. The van der Waals surface area contributed by atoms with E-state index < -0.39 is 0 Å². The Bertz CT molecular complexity index is 362. The van der Waals surface area contributed by atoms with Crippen LogP contribution in [-0.4, -0.2) is 0 Å². The van der Waals surface area contributed by atoms with Crippen LogP contribution in [0.5, 0.6) is 0 Å². The van der Waals surface area contributed by atoms with Gasteiger partial charge in [0.2, 0.25) is 0 Å². The molecule has 0 saturated carbocycles. The molecule has 1 aromatic carbocycles. The molecule has 0 bridgehead atoms. The number of halogens is 1. The van der Waals surface area contributed by atoms with Gasteiger partial charge in [0.05, 0.1) is 0 Å².